The van der Waals surface area contributed by atoms with Gasteiger partial charge in [-0.2, -0.15) is 10.2 Å². The first-order chi connectivity index (χ1) is 7.31. The third-order valence-corrected chi connectivity index (χ3v) is 2.92. The van der Waals surface area contributed by atoms with Crippen LogP contribution < -0.4 is 0 Å². The summed E-state index contributed by atoms with van der Waals surface area (Å²) in [5.41, 5.74) is -0.585. The molecule has 1 spiro atoms. The Bertz CT molecular complexity index is 327. The van der Waals surface area contributed by atoms with E-state index in [1.807, 2.05) is 27.7 Å². The van der Waals surface area contributed by atoms with Crippen LogP contribution in [0.3, 0.4) is 0 Å². The van der Waals surface area contributed by atoms with Gasteiger partial charge < -0.3 is 9.64 Å². The zero-order valence-corrected chi connectivity index (χ0v) is 10.4. The van der Waals surface area contributed by atoms with Gasteiger partial charge in [0.1, 0.15) is 5.60 Å². The molecule has 2 heterocycles. The number of hydrogen-bond acceptors (Lipinski definition) is 4. The molecule has 0 N–H and O–H groups in total. The van der Waals surface area contributed by atoms with Gasteiger partial charge in [-0.1, -0.05) is 0 Å². The van der Waals surface area contributed by atoms with Crippen LogP contribution in [0.4, 0.5) is 4.79 Å². The van der Waals surface area contributed by atoms with Crippen molar-refractivity contribution in [1.82, 2.24) is 4.90 Å². The lowest BCUT2D eigenvalue weighted by Crippen LogP contribution is -2.49. The van der Waals surface area contributed by atoms with Crippen LogP contribution in [0, 0.1) is 0 Å². The lowest BCUT2D eigenvalue weighted by atomic mass is 9.95. The quantitative estimate of drug-likeness (QED) is 0.636. The van der Waals surface area contributed by atoms with E-state index in [0.29, 0.717) is 6.54 Å². The fourth-order valence-corrected chi connectivity index (χ4v) is 2.05. The van der Waals surface area contributed by atoms with E-state index in [4.69, 9.17) is 4.74 Å². The molecular formula is C11H19N3O2. The van der Waals surface area contributed by atoms with Crippen LogP contribution >= 0.6 is 0 Å². The van der Waals surface area contributed by atoms with Crippen molar-refractivity contribution in [2.45, 2.75) is 57.8 Å². The summed E-state index contributed by atoms with van der Waals surface area (Å²) >= 11 is 0. The van der Waals surface area contributed by atoms with E-state index < -0.39 is 5.60 Å². The van der Waals surface area contributed by atoms with Gasteiger partial charge in [0, 0.05) is 25.4 Å². The molecule has 2 aliphatic heterocycles. The molecular weight excluding hydrogens is 206 g/mol. The summed E-state index contributed by atoms with van der Waals surface area (Å²) in [6.45, 7) is 8.35. The zero-order chi connectivity index (χ0) is 12.0. The number of hydrogen-bond donors (Lipinski definition) is 0. The van der Waals surface area contributed by atoms with Gasteiger partial charge in [0.25, 0.3) is 0 Å². The van der Waals surface area contributed by atoms with Gasteiger partial charge in [0.05, 0.1) is 0 Å². The second kappa shape index (κ2) is 3.43. The Morgan fingerprint density at radius 3 is 2.50 bits per heavy atom. The Morgan fingerprint density at radius 1 is 1.44 bits per heavy atom. The van der Waals surface area contributed by atoms with Gasteiger partial charge in [-0.25, -0.2) is 4.79 Å². The molecule has 0 aromatic carbocycles. The molecule has 1 atom stereocenters. The molecule has 0 aliphatic carbocycles. The van der Waals surface area contributed by atoms with Crippen LogP contribution in [0.5, 0.6) is 0 Å². The van der Waals surface area contributed by atoms with Crippen LogP contribution in [0.1, 0.15) is 40.5 Å². The lowest BCUT2D eigenvalue weighted by molar-refractivity contribution is 0.00883. The fourth-order valence-electron chi connectivity index (χ4n) is 2.05. The number of likely N-dealkylation sites (tertiary alicyclic amines) is 1. The van der Waals surface area contributed by atoms with Gasteiger partial charge in [-0.15, -0.1) is 0 Å². The summed E-state index contributed by atoms with van der Waals surface area (Å²) in [7, 11) is 0. The van der Waals surface area contributed by atoms with Crippen molar-refractivity contribution in [2.75, 3.05) is 6.54 Å². The minimum atomic E-state index is -0.430. The Labute approximate surface area is 95.9 Å². The van der Waals surface area contributed by atoms with Crippen molar-refractivity contribution >= 4 is 6.09 Å². The fraction of sp³-hybridized carbons (Fsp3) is 0.909. The Balaban J connectivity index is 1.92. The maximum Gasteiger partial charge on any atom is 0.410 e. The van der Waals surface area contributed by atoms with Crippen LogP contribution in [0.2, 0.25) is 0 Å². The van der Waals surface area contributed by atoms with Crippen LogP contribution in [-0.4, -0.2) is 34.8 Å². The number of ether oxygens (including phenoxy) is 1. The molecule has 1 amide bonds. The Kier molecular flexibility index (Phi) is 2.44. The van der Waals surface area contributed by atoms with Crippen molar-refractivity contribution in [1.29, 1.82) is 0 Å². The van der Waals surface area contributed by atoms with Gasteiger partial charge in [0.2, 0.25) is 0 Å². The minimum Gasteiger partial charge on any atom is -0.444 e. The van der Waals surface area contributed by atoms with Crippen LogP contribution in [-0.2, 0) is 4.74 Å². The summed E-state index contributed by atoms with van der Waals surface area (Å²) in [6, 6.07) is 0.151. The molecule has 90 valence electrons. The molecule has 16 heavy (non-hydrogen) atoms. The number of piperidine rings is 1. The molecule has 0 radical (unpaired) electrons. The lowest BCUT2D eigenvalue weighted by Gasteiger charge is -2.36. The van der Waals surface area contributed by atoms with Crippen LogP contribution in [0.15, 0.2) is 10.2 Å². The van der Waals surface area contributed by atoms with Crippen molar-refractivity contribution in [3.05, 3.63) is 0 Å². The number of rotatable bonds is 0. The third-order valence-electron chi connectivity index (χ3n) is 2.92. The summed E-state index contributed by atoms with van der Waals surface area (Å²) in [4.78, 5) is 13.7. The predicted octanol–water partition coefficient (Wildman–Crippen LogP) is 2.57. The first-order valence-electron chi connectivity index (χ1n) is 5.75. The van der Waals surface area contributed by atoms with E-state index in [0.717, 1.165) is 12.8 Å². The Hall–Kier alpha value is -1.13. The van der Waals surface area contributed by atoms with E-state index in [-0.39, 0.29) is 17.8 Å². The molecule has 1 fully saturated rings. The number of carbonyl (C=O) groups excluding carboxylic acids is 1. The van der Waals surface area contributed by atoms with E-state index >= 15 is 0 Å². The first kappa shape index (κ1) is 11.4. The van der Waals surface area contributed by atoms with E-state index in [1.54, 1.807) is 4.90 Å². The zero-order valence-electron chi connectivity index (χ0n) is 10.4. The SMILES string of the molecule is C[C@H]1CC2(CCN1C(=O)OC(C)(C)C)N=N2. The second-order valence-corrected chi connectivity index (χ2v) is 5.66. The van der Waals surface area contributed by atoms with Crippen LogP contribution in [0.25, 0.3) is 0 Å². The van der Waals surface area contributed by atoms with Gasteiger partial charge in [-0.05, 0) is 27.7 Å². The monoisotopic (exact) mass is 225 g/mol. The number of carbonyl (C=O) groups is 1. The normalized spacial score (nSPS) is 27.0. The molecule has 1 saturated heterocycles. The maximum atomic E-state index is 11.9. The molecule has 2 rings (SSSR count). The highest BCUT2D eigenvalue weighted by Crippen LogP contribution is 2.41. The number of nitrogens with zero attached hydrogens (tertiary/aromatic N) is 3. The van der Waals surface area contributed by atoms with Crippen molar-refractivity contribution < 1.29 is 9.53 Å². The highest BCUT2D eigenvalue weighted by Gasteiger charge is 2.47. The van der Waals surface area contributed by atoms with E-state index in [2.05, 4.69) is 10.2 Å². The summed E-state index contributed by atoms with van der Waals surface area (Å²) < 4.78 is 5.36. The average Bonchev–Trinajstić information content (AvgIpc) is 2.81. The molecule has 5 heteroatoms. The van der Waals surface area contributed by atoms with Crippen molar-refractivity contribution in [2.24, 2.45) is 10.2 Å². The van der Waals surface area contributed by atoms with Gasteiger partial charge in [-0.3, -0.25) is 0 Å². The summed E-state index contributed by atoms with van der Waals surface area (Å²) in [5.74, 6) is 0. The number of amides is 1. The third kappa shape index (κ3) is 2.33. The van der Waals surface area contributed by atoms with Crippen molar-refractivity contribution in [3.8, 4) is 0 Å². The van der Waals surface area contributed by atoms with Gasteiger partial charge >= 0.3 is 6.09 Å². The largest absolute Gasteiger partial charge is 0.444 e. The predicted molar refractivity (Wildman–Crippen MR) is 59.2 cm³/mol. The average molecular weight is 225 g/mol. The maximum absolute atomic E-state index is 11.9. The summed E-state index contributed by atoms with van der Waals surface area (Å²) in [5, 5.41) is 8.12. The molecule has 0 aromatic rings. The summed E-state index contributed by atoms with van der Waals surface area (Å²) in [6.07, 6.45) is 1.43. The van der Waals surface area contributed by atoms with Gasteiger partial charge in [0.15, 0.2) is 5.66 Å². The molecule has 0 unspecified atom stereocenters. The molecule has 2 aliphatic rings. The molecule has 0 saturated carbocycles. The molecule has 0 aromatic heterocycles. The molecule has 5 nitrogen and oxygen atoms in total. The van der Waals surface area contributed by atoms with E-state index in [9.17, 15) is 4.79 Å². The first-order valence-corrected chi connectivity index (χ1v) is 5.75. The smallest absolute Gasteiger partial charge is 0.410 e. The van der Waals surface area contributed by atoms with Crippen molar-refractivity contribution in [3.63, 3.8) is 0 Å². The minimum absolute atomic E-state index is 0.151. The topological polar surface area (TPSA) is 54.3 Å². The highest BCUT2D eigenvalue weighted by atomic mass is 16.6. The highest BCUT2D eigenvalue weighted by molar-refractivity contribution is 5.68. The van der Waals surface area contributed by atoms with E-state index in [1.165, 1.54) is 0 Å². The second-order valence-electron chi connectivity index (χ2n) is 5.66. The molecule has 0 bridgehead atoms. The standard InChI is InChI=1S/C11H19N3O2/c1-8-7-11(12-13-11)5-6-14(8)9(15)16-10(2,3)4/h8H,5-7H2,1-4H3/t8-/m0/s1. The Morgan fingerprint density at radius 2 is 2.06 bits per heavy atom.